The zero-order chi connectivity index (χ0) is 31.0. The van der Waals surface area contributed by atoms with Gasteiger partial charge in [-0.3, -0.25) is 0 Å². The second kappa shape index (κ2) is 25.9. The highest BCUT2D eigenvalue weighted by atomic mass is 16.7. The van der Waals surface area contributed by atoms with Crippen LogP contribution in [-0.2, 0) is 33.2 Å². The second-order valence-electron chi connectivity index (χ2n) is 11.9. The fourth-order valence-electron chi connectivity index (χ4n) is 4.84. The molecule has 0 aliphatic carbocycles. The lowest BCUT2D eigenvalue weighted by Crippen LogP contribution is -2.61. The summed E-state index contributed by atoms with van der Waals surface area (Å²) in [5, 5.41) is 22.2. The summed E-state index contributed by atoms with van der Waals surface area (Å²) >= 11 is 0. The third-order valence-corrected chi connectivity index (χ3v) is 7.52. The molecule has 1 heterocycles. The molecule has 3 unspecified atom stereocenters. The third kappa shape index (κ3) is 18.4. The summed E-state index contributed by atoms with van der Waals surface area (Å²) in [7, 11) is 0. The van der Waals surface area contributed by atoms with Crippen molar-refractivity contribution in [3.05, 3.63) is 0 Å². The quantitative estimate of drug-likeness (QED) is 0.107. The molecule has 0 aromatic heterocycles. The molecule has 1 rings (SSSR count). The Labute approximate surface area is 257 Å². The first-order valence-corrected chi connectivity index (χ1v) is 17.0. The molecule has 2 N–H and O–H groups in total. The highest BCUT2D eigenvalue weighted by Gasteiger charge is 2.46. The van der Waals surface area contributed by atoms with E-state index in [0.717, 1.165) is 32.1 Å². The number of hydrogen-bond donors (Lipinski definition) is 2. The molecule has 1 aliphatic heterocycles. The van der Waals surface area contributed by atoms with Crippen molar-refractivity contribution in [2.45, 2.75) is 168 Å². The summed E-state index contributed by atoms with van der Waals surface area (Å²) in [6, 6.07) is 0. The minimum Gasteiger partial charge on any atom is -0.387 e. The SMILES string of the molecule is CCCCCCOC(C)COC[C@H]1O[C@@H](O)[C@H](OCC(C)OCCCCCC)[C@@H](OCC(C)OCCCCCC)[C@@H]1O. The van der Waals surface area contributed by atoms with Gasteiger partial charge in [0.05, 0.1) is 44.7 Å². The minimum absolute atomic E-state index is 0.0702. The molecule has 1 aliphatic rings. The van der Waals surface area contributed by atoms with Gasteiger partial charge in [0.15, 0.2) is 6.29 Å². The van der Waals surface area contributed by atoms with Crippen LogP contribution >= 0.6 is 0 Å². The summed E-state index contributed by atoms with van der Waals surface area (Å²) in [6.45, 7) is 15.5. The molecule has 1 fully saturated rings. The van der Waals surface area contributed by atoms with Crippen molar-refractivity contribution in [1.29, 1.82) is 0 Å². The molecule has 0 spiro atoms. The molecule has 0 bridgehead atoms. The number of ether oxygens (including phenoxy) is 7. The third-order valence-electron chi connectivity index (χ3n) is 7.52. The molecule has 0 saturated carbocycles. The second-order valence-corrected chi connectivity index (χ2v) is 11.9. The molecule has 1 saturated heterocycles. The Balaban J connectivity index is 2.63. The molecule has 42 heavy (non-hydrogen) atoms. The lowest BCUT2D eigenvalue weighted by molar-refractivity contribution is -0.310. The number of hydrogen-bond acceptors (Lipinski definition) is 9. The highest BCUT2D eigenvalue weighted by molar-refractivity contribution is 4.91. The predicted molar refractivity (Wildman–Crippen MR) is 166 cm³/mol. The maximum absolute atomic E-state index is 11.3. The summed E-state index contributed by atoms with van der Waals surface area (Å²) in [5.41, 5.74) is 0. The first kappa shape index (κ1) is 39.7. The predicted octanol–water partition coefficient (Wildman–Crippen LogP) is 5.81. The smallest absolute Gasteiger partial charge is 0.184 e. The maximum atomic E-state index is 11.3. The van der Waals surface area contributed by atoms with E-state index in [9.17, 15) is 10.2 Å². The molecular formula is C33H66O9. The van der Waals surface area contributed by atoms with Crippen molar-refractivity contribution in [1.82, 2.24) is 0 Å². The van der Waals surface area contributed by atoms with E-state index in [1.807, 2.05) is 20.8 Å². The topological polar surface area (TPSA) is 105 Å². The van der Waals surface area contributed by atoms with Crippen molar-refractivity contribution in [3.8, 4) is 0 Å². The van der Waals surface area contributed by atoms with Gasteiger partial charge in [-0.1, -0.05) is 78.6 Å². The number of aliphatic hydroxyl groups excluding tert-OH is 2. The van der Waals surface area contributed by atoms with Crippen LogP contribution in [0, 0.1) is 0 Å². The lowest BCUT2D eigenvalue weighted by Gasteiger charge is -2.43. The number of rotatable bonds is 28. The van der Waals surface area contributed by atoms with Crippen LogP contribution in [0.5, 0.6) is 0 Å². The molecular weight excluding hydrogens is 540 g/mol. The maximum Gasteiger partial charge on any atom is 0.184 e. The van der Waals surface area contributed by atoms with E-state index >= 15 is 0 Å². The number of unbranched alkanes of at least 4 members (excludes halogenated alkanes) is 9. The molecule has 9 nitrogen and oxygen atoms in total. The van der Waals surface area contributed by atoms with E-state index in [-0.39, 0.29) is 38.1 Å². The number of aliphatic hydroxyl groups is 2. The van der Waals surface area contributed by atoms with Gasteiger partial charge in [-0.2, -0.15) is 0 Å². The zero-order valence-electron chi connectivity index (χ0n) is 27.8. The molecule has 0 aromatic rings. The standard InChI is InChI=1S/C33H66O9/c1-7-10-13-16-19-37-26(4)22-36-25-29-30(34)31(40-23-27(5)38-20-17-14-11-8-2)32(33(35)42-29)41-24-28(6)39-21-18-15-12-9-3/h26-35H,7-25H2,1-6H3/t26?,27?,28?,29-,30-,31+,32-,33-/m1/s1. The molecule has 0 radical (unpaired) electrons. The first-order valence-electron chi connectivity index (χ1n) is 17.0. The average Bonchev–Trinajstić information content (AvgIpc) is 2.97. The van der Waals surface area contributed by atoms with E-state index in [1.165, 1.54) is 44.9 Å². The Morgan fingerprint density at radius 2 is 1.00 bits per heavy atom. The van der Waals surface area contributed by atoms with Crippen molar-refractivity contribution in [3.63, 3.8) is 0 Å². The monoisotopic (exact) mass is 606 g/mol. The van der Waals surface area contributed by atoms with E-state index in [0.29, 0.717) is 26.4 Å². The van der Waals surface area contributed by atoms with Crippen LogP contribution in [-0.4, -0.2) is 105 Å². The Bertz CT molecular complexity index is 596. The summed E-state index contributed by atoms with van der Waals surface area (Å²) < 4.78 is 41.5. The minimum atomic E-state index is -1.28. The van der Waals surface area contributed by atoms with Gasteiger partial charge in [-0.25, -0.2) is 0 Å². The van der Waals surface area contributed by atoms with Gasteiger partial charge >= 0.3 is 0 Å². The molecule has 252 valence electrons. The van der Waals surface area contributed by atoms with Crippen LogP contribution in [0.2, 0.25) is 0 Å². The largest absolute Gasteiger partial charge is 0.387 e. The van der Waals surface area contributed by atoms with Gasteiger partial charge in [0.25, 0.3) is 0 Å². The summed E-state index contributed by atoms with van der Waals surface area (Å²) in [4.78, 5) is 0. The molecule has 8 atom stereocenters. The van der Waals surface area contributed by atoms with Crippen molar-refractivity contribution < 1.29 is 43.4 Å². The lowest BCUT2D eigenvalue weighted by atomic mass is 9.98. The highest BCUT2D eigenvalue weighted by Crippen LogP contribution is 2.26. The van der Waals surface area contributed by atoms with Gasteiger partial charge in [0.2, 0.25) is 0 Å². The molecule has 0 aromatic carbocycles. The average molecular weight is 607 g/mol. The van der Waals surface area contributed by atoms with Crippen molar-refractivity contribution in [2.75, 3.05) is 46.2 Å². The molecule has 9 heteroatoms. The van der Waals surface area contributed by atoms with Crippen LogP contribution in [0.1, 0.15) is 119 Å². The van der Waals surface area contributed by atoms with Crippen molar-refractivity contribution in [2.24, 2.45) is 0 Å². The van der Waals surface area contributed by atoms with Gasteiger partial charge in [-0.05, 0) is 40.0 Å². The Morgan fingerprint density at radius 1 is 0.571 bits per heavy atom. The van der Waals surface area contributed by atoms with Crippen LogP contribution in [0.3, 0.4) is 0 Å². The zero-order valence-corrected chi connectivity index (χ0v) is 27.8. The van der Waals surface area contributed by atoms with Gasteiger partial charge in [-0.15, -0.1) is 0 Å². The van der Waals surface area contributed by atoms with Crippen molar-refractivity contribution >= 4 is 0 Å². The van der Waals surface area contributed by atoms with Crippen LogP contribution in [0.15, 0.2) is 0 Å². The summed E-state index contributed by atoms with van der Waals surface area (Å²) in [6.07, 6.45) is 8.55. The van der Waals surface area contributed by atoms with Crippen LogP contribution in [0.25, 0.3) is 0 Å². The van der Waals surface area contributed by atoms with E-state index in [1.54, 1.807) is 0 Å². The summed E-state index contributed by atoms with van der Waals surface area (Å²) in [5.74, 6) is 0. The van der Waals surface area contributed by atoms with Crippen LogP contribution < -0.4 is 0 Å². The Morgan fingerprint density at radius 3 is 1.45 bits per heavy atom. The van der Waals surface area contributed by atoms with E-state index < -0.39 is 30.7 Å². The fourth-order valence-corrected chi connectivity index (χ4v) is 4.84. The van der Waals surface area contributed by atoms with E-state index in [2.05, 4.69) is 20.8 Å². The molecule has 0 amide bonds. The van der Waals surface area contributed by atoms with E-state index in [4.69, 9.17) is 33.2 Å². The van der Waals surface area contributed by atoms with Crippen LogP contribution in [0.4, 0.5) is 0 Å². The van der Waals surface area contributed by atoms with Gasteiger partial charge < -0.3 is 43.4 Å². The Kier molecular flexibility index (Phi) is 24.5. The Hall–Kier alpha value is -0.360. The van der Waals surface area contributed by atoms with Gasteiger partial charge in [0.1, 0.15) is 24.4 Å². The first-order chi connectivity index (χ1) is 20.3. The van der Waals surface area contributed by atoms with Gasteiger partial charge in [0, 0.05) is 19.8 Å². The normalized spacial score (nSPS) is 25.0. The fraction of sp³-hybridized carbons (Fsp3) is 1.00.